The quantitative estimate of drug-likeness (QED) is 0.817. The van der Waals surface area contributed by atoms with Crippen molar-refractivity contribution < 1.29 is 13.7 Å². The van der Waals surface area contributed by atoms with Crippen molar-refractivity contribution >= 4 is 5.78 Å². The van der Waals surface area contributed by atoms with Crippen molar-refractivity contribution in [3.8, 4) is 11.4 Å². The van der Waals surface area contributed by atoms with E-state index in [1.807, 2.05) is 0 Å². The molecule has 18 heavy (non-hydrogen) atoms. The normalized spacial score (nSPS) is 19.4. The molecule has 0 radical (unpaired) electrons. The number of Topliss-reactive ketones (excluding diaryl/α,β-unsaturated/α-hetero) is 1. The van der Waals surface area contributed by atoms with Gasteiger partial charge in [-0.25, -0.2) is 4.39 Å². The van der Waals surface area contributed by atoms with Gasteiger partial charge in [-0.2, -0.15) is 4.98 Å². The molecule has 0 amide bonds. The fourth-order valence-electron chi connectivity index (χ4n) is 2.21. The van der Waals surface area contributed by atoms with E-state index in [1.54, 1.807) is 18.2 Å². The maximum absolute atomic E-state index is 13.5. The van der Waals surface area contributed by atoms with Gasteiger partial charge in [-0.15, -0.1) is 0 Å². The minimum Gasteiger partial charge on any atom is -0.338 e. The first-order valence-corrected chi connectivity index (χ1v) is 5.87. The van der Waals surface area contributed by atoms with Gasteiger partial charge in [0.2, 0.25) is 11.7 Å². The number of nitrogens with zero attached hydrogens (tertiary/aromatic N) is 2. The third-order valence-corrected chi connectivity index (χ3v) is 3.16. The van der Waals surface area contributed by atoms with Gasteiger partial charge in [0.1, 0.15) is 11.6 Å². The molecule has 1 aromatic carbocycles. The topological polar surface area (TPSA) is 56.0 Å². The molecule has 92 valence electrons. The Morgan fingerprint density at radius 2 is 2.17 bits per heavy atom. The van der Waals surface area contributed by atoms with Crippen molar-refractivity contribution in [3.63, 3.8) is 0 Å². The summed E-state index contributed by atoms with van der Waals surface area (Å²) >= 11 is 0. The van der Waals surface area contributed by atoms with Gasteiger partial charge in [-0.3, -0.25) is 4.79 Å². The Hall–Kier alpha value is -2.04. The summed E-state index contributed by atoms with van der Waals surface area (Å²) in [5.41, 5.74) is 0.290. The summed E-state index contributed by atoms with van der Waals surface area (Å²) in [5.74, 6) is -0.0853. The molecule has 1 fully saturated rings. The lowest BCUT2D eigenvalue weighted by molar-refractivity contribution is -0.119. The first-order chi connectivity index (χ1) is 8.75. The Kier molecular flexibility index (Phi) is 2.66. The van der Waals surface area contributed by atoms with Crippen LogP contribution in [0.15, 0.2) is 28.8 Å². The molecule has 1 aliphatic carbocycles. The molecule has 0 spiro atoms. The zero-order valence-electron chi connectivity index (χ0n) is 9.60. The van der Waals surface area contributed by atoms with Crippen molar-refractivity contribution in [1.82, 2.24) is 10.1 Å². The van der Waals surface area contributed by atoms with E-state index in [1.165, 1.54) is 6.07 Å². The summed E-state index contributed by atoms with van der Waals surface area (Å²) in [6.45, 7) is 0. The van der Waals surface area contributed by atoms with Crippen molar-refractivity contribution in [2.75, 3.05) is 0 Å². The first-order valence-electron chi connectivity index (χ1n) is 5.87. The molecular formula is C13H11FN2O2. The molecule has 1 aromatic heterocycles. The van der Waals surface area contributed by atoms with Crippen LogP contribution in [0.25, 0.3) is 11.4 Å². The Labute approximate surface area is 103 Å². The van der Waals surface area contributed by atoms with Crippen LogP contribution in [0.5, 0.6) is 0 Å². The second-order valence-corrected chi connectivity index (χ2v) is 4.35. The van der Waals surface area contributed by atoms with Crippen LogP contribution < -0.4 is 0 Å². The fourth-order valence-corrected chi connectivity index (χ4v) is 2.21. The fraction of sp³-hybridized carbons (Fsp3) is 0.308. The SMILES string of the molecule is O=C1CCCC1c1nc(-c2ccccc2F)no1. The van der Waals surface area contributed by atoms with E-state index in [9.17, 15) is 9.18 Å². The van der Waals surface area contributed by atoms with Crippen LogP contribution in [-0.2, 0) is 4.79 Å². The van der Waals surface area contributed by atoms with E-state index in [-0.39, 0.29) is 23.1 Å². The third kappa shape index (κ3) is 1.81. The van der Waals surface area contributed by atoms with Gasteiger partial charge in [-0.1, -0.05) is 17.3 Å². The molecule has 5 heteroatoms. The van der Waals surface area contributed by atoms with Gasteiger partial charge in [0, 0.05) is 6.42 Å². The molecule has 1 atom stereocenters. The number of ketones is 1. The van der Waals surface area contributed by atoms with Gasteiger partial charge < -0.3 is 4.52 Å². The number of rotatable bonds is 2. The van der Waals surface area contributed by atoms with Crippen LogP contribution in [0.1, 0.15) is 31.1 Å². The van der Waals surface area contributed by atoms with E-state index in [0.717, 1.165) is 12.8 Å². The molecule has 0 bridgehead atoms. The molecule has 0 aliphatic heterocycles. The molecule has 3 rings (SSSR count). The second kappa shape index (κ2) is 4.33. The number of carbonyl (C=O) groups is 1. The monoisotopic (exact) mass is 246 g/mol. The summed E-state index contributed by atoms with van der Waals surface area (Å²) in [7, 11) is 0. The van der Waals surface area contributed by atoms with E-state index < -0.39 is 5.82 Å². The van der Waals surface area contributed by atoms with Crippen LogP contribution in [0, 0.1) is 5.82 Å². The summed E-state index contributed by atoms with van der Waals surface area (Å²) < 4.78 is 18.6. The molecular weight excluding hydrogens is 235 g/mol. The molecule has 1 unspecified atom stereocenters. The van der Waals surface area contributed by atoms with Crippen LogP contribution in [0.4, 0.5) is 4.39 Å². The lowest BCUT2D eigenvalue weighted by Crippen LogP contribution is -2.04. The predicted molar refractivity (Wildman–Crippen MR) is 61.3 cm³/mol. The van der Waals surface area contributed by atoms with Gasteiger partial charge >= 0.3 is 0 Å². The zero-order valence-corrected chi connectivity index (χ0v) is 9.60. The van der Waals surface area contributed by atoms with Gasteiger partial charge in [-0.05, 0) is 25.0 Å². The van der Waals surface area contributed by atoms with Gasteiger partial charge in [0.25, 0.3) is 0 Å². The number of hydrogen-bond donors (Lipinski definition) is 0. The van der Waals surface area contributed by atoms with Crippen molar-refractivity contribution in [2.45, 2.75) is 25.2 Å². The highest BCUT2D eigenvalue weighted by atomic mass is 19.1. The molecule has 1 heterocycles. The lowest BCUT2D eigenvalue weighted by atomic mass is 10.1. The van der Waals surface area contributed by atoms with Gasteiger partial charge in [0.05, 0.1) is 11.5 Å². The molecule has 0 saturated heterocycles. The number of carbonyl (C=O) groups excluding carboxylic acids is 1. The minimum atomic E-state index is -0.400. The molecule has 1 aliphatic rings. The Balaban J connectivity index is 1.95. The van der Waals surface area contributed by atoms with E-state index in [2.05, 4.69) is 10.1 Å². The average molecular weight is 246 g/mol. The van der Waals surface area contributed by atoms with Crippen LogP contribution in [-0.4, -0.2) is 15.9 Å². The number of hydrogen-bond acceptors (Lipinski definition) is 4. The Bertz CT molecular complexity index is 594. The minimum absolute atomic E-state index is 0.124. The second-order valence-electron chi connectivity index (χ2n) is 4.35. The summed E-state index contributed by atoms with van der Waals surface area (Å²) in [4.78, 5) is 15.7. The highest BCUT2D eigenvalue weighted by Gasteiger charge is 2.31. The standard InChI is InChI=1S/C13H11FN2O2/c14-10-6-2-1-4-8(10)12-15-13(18-16-12)9-5-3-7-11(9)17/h1-2,4,6,9H,3,5,7H2. The largest absolute Gasteiger partial charge is 0.338 e. The van der Waals surface area contributed by atoms with Crippen LogP contribution >= 0.6 is 0 Å². The Morgan fingerprint density at radius 3 is 2.89 bits per heavy atom. The summed E-state index contributed by atoms with van der Waals surface area (Å²) in [6, 6.07) is 6.22. The molecule has 0 N–H and O–H groups in total. The van der Waals surface area contributed by atoms with E-state index in [4.69, 9.17) is 4.52 Å². The van der Waals surface area contributed by atoms with Crippen molar-refractivity contribution in [2.24, 2.45) is 0 Å². The first kappa shape index (κ1) is 11.1. The molecule has 2 aromatic rings. The summed E-state index contributed by atoms with van der Waals surface area (Å²) in [6.07, 6.45) is 2.14. The number of halogens is 1. The molecule has 4 nitrogen and oxygen atoms in total. The lowest BCUT2D eigenvalue weighted by Gasteiger charge is -1.98. The van der Waals surface area contributed by atoms with Crippen molar-refractivity contribution in [1.29, 1.82) is 0 Å². The Morgan fingerprint density at radius 1 is 1.33 bits per heavy atom. The van der Waals surface area contributed by atoms with Crippen molar-refractivity contribution in [3.05, 3.63) is 36.0 Å². The zero-order chi connectivity index (χ0) is 12.5. The number of aromatic nitrogens is 2. The van der Waals surface area contributed by atoms with E-state index in [0.29, 0.717) is 12.3 Å². The van der Waals surface area contributed by atoms with Gasteiger partial charge in [0.15, 0.2) is 0 Å². The van der Waals surface area contributed by atoms with Crippen LogP contribution in [0.3, 0.4) is 0 Å². The predicted octanol–water partition coefficient (Wildman–Crippen LogP) is 2.71. The maximum atomic E-state index is 13.5. The average Bonchev–Trinajstić information content (AvgIpc) is 2.98. The van der Waals surface area contributed by atoms with Crippen LogP contribution in [0.2, 0.25) is 0 Å². The maximum Gasteiger partial charge on any atom is 0.237 e. The highest BCUT2D eigenvalue weighted by molar-refractivity contribution is 5.86. The summed E-state index contributed by atoms with van der Waals surface area (Å²) in [5, 5.41) is 3.75. The highest BCUT2D eigenvalue weighted by Crippen LogP contribution is 2.31. The van der Waals surface area contributed by atoms with E-state index >= 15 is 0 Å². The third-order valence-electron chi connectivity index (χ3n) is 3.16. The number of benzene rings is 1. The smallest absolute Gasteiger partial charge is 0.237 e. The molecule has 1 saturated carbocycles.